The van der Waals surface area contributed by atoms with Gasteiger partial charge in [0.2, 0.25) is 5.91 Å². The number of carbonyl (C=O) groups is 1. The third-order valence-corrected chi connectivity index (χ3v) is 2.21. The maximum Gasteiger partial charge on any atom is 0.243 e. The van der Waals surface area contributed by atoms with Crippen LogP contribution >= 0.6 is 0 Å². The molecule has 4 heteroatoms. The standard InChI is InChI=1S/C12H14FNO2/c1-4-11(15)14-8(2)9-6-5-7-10(13)12(9)16-3/h4-8H,1H2,2-3H3,(H,14,15)/t8-/m0/s1. The second-order valence-electron chi connectivity index (χ2n) is 3.30. The van der Waals surface area contributed by atoms with Crippen molar-refractivity contribution in [2.45, 2.75) is 13.0 Å². The lowest BCUT2D eigenvalue weighted by atomic mass is 10.1. The highest BCUT2D eigenvalue weighted by Crippen LogP contribution is 2.27. The van der Waals surface area contributed by atoms with E-state index in [-0.39, 0.29) is 17.7 Å². The molecule has 1 aromatic carbocycles. The summed E-state index contributed by atoms with van der Waals surface area (Å²) in [6.45, 7) is 5.10. The topological polar surface area (TPSA) is 38.3 Å². The number of hydrogen-bond donors (Lipinski definition) is 1. The first-order valence-corrected chi connectivity index (χ1v) is 4.85. The number of benzene rings is 1. The van der Waals surface area contributed by atoms with E-state index < -0.39 is 5.82 Å². The summed E-state index contributed by atoms with van der Waals surface area (Å²) in [5, 5.41) is 2.64. The van der Waals surface area contributed by atoms with Crippen LogP contribution in [0, 0.1) is 5.82 Å². The van der Waals surface area contributed by atoms with Gasteiger partial charge in [0, 0.05) is 5.56 Å². The maximum atomic E-state index is 13.4. The first-order valence-electron chi connectivity index (χ1n) is 4.85. The van der Waals surface area contributed by atoms with E-state index in [9.17, 15) is 9.18 Å². The molecule has 0 spiro atoms. The van der Waals surface area contributed by atoms with Gasteiger partial charge in [-0.3, -0.25) is 4.79 Å². The molecule has 0 unspecified atom stereocenters. The minimum Gasteiger partial charge on any atom is -0.493 e. The number of nitrogens with one attached hydrogen (secondary N) is 1. The molecule has 0 aromatic heterocycles. The second-order valence-corrected chi connectivity index (χ2v) is 3.30. The smallest absolute Gasteiger partial charge is 0.243 e. The molecule has 0 fully saturated rings. The molecule has 1 N–H and O–H groups in total. The molecule has 0 radical (unpaired) electrons. The van der Waals surface area contributed by atoms with E-state index in [0.29, 0.717) is 5.56 Å². The van der Waals surface area contributed by atoms with Gasteiger partial charge in [-0.25, -0.2) is 4.39 Å². The molecule has 1 aromatic rings. The van der Waals surface area contributed by atoms with E-state index in [2.05, 4.69) is 11.9 Å². The van der Waals surface area contributed by atoms with Crippen molar-refractivity contribution in [3.8, 4) is 5.75 Å². The number of amides is 1. The van der Waals surface area contributed by atoms with Crippen molar-refractivity contribution in [1.29, 1.82) is 0 Å². The van der Waals surface area contributed by atoms with Crippen molar-refractivity contribution in [3.05, 3.63) is 42.2 Å². The Hall–Kier alpha value is -1.84. The third-order valence-electron chi connectivity index (χ3n) is 2.21. The molecule has 16 heavy (non-hydrogen) atoms. The molecule has 0 aliphatic carbocycles. The maximum absolute atomic E-state index is 13.4. The van der Waals surface area contributed by atoms with Gasteiger partial charge in [-0.15, -0.1) is 0 Å². The Kier molecular flexibility index (Phi) is 4.05. The highest BCUT2D eigenvalue weighted by Gasteiger charge is 2.15. The van der Waals surface area contributed by atoms with E-state index in [0.717, 1.165) is 0 Å². The van der Waals surface area contributed by atoms with Crippen LogP contribution in [-0.2, 0) is 4.79 Å². The van der Waals surface area contributed by atoms with Gasteiger partial charge >= 0.3 is 0 Å². The molecule has 0 aliphatic rings. The van der Waals surface area contributed by atoms with Crippen LogP contribution in [0.5, 0.6) is 5.75 Å². The monoisotopic (exact) mass is 223 g/mol. The minimum absolute atomic E-state index is 0.152. The summed E-state index contributed by atoms with van der Waals surface area (Å²) in [4.78, 5) is 11.1. The molecule has 1 atom stereocenters. The van der Waals surface area contributed by atoms with Crippen LogP contribution in [0.3, 0.4) is 0 Å². The minimum atomic E-state index is -0.445. The first kappa shape index (κ1) is 12.2. The molecule has 1 rings (SSSR count). The Morgan fingerprint density at radius 3 is 2.88 bits per heavy atom. The van der Waals surface area contributed by atoms with Crippen LogP contribution < -0.4 is 10.1 Å². The van der Waals surface area contributed by atoms with Gasteiger partial charge in [0.25, 0.3) is 0 Å². The van der Waals surface area contributed by atoms with Crippen LogP contribution in [0.15, 0.2) is 30.9 Å². The Morgan fingerprint density at radius 1 is 1.62 bits per heavy atom. The lowest BCUT2D eigenvalue weighted by Crippen LogP contribution is -2.24. The number of para-hydroxylation sites is 1. The molecule has 1 amide bonds. The molecule has 86 valence electrons. The molecule has 0 bridgehead atoms. The van der Waals surface area contributed by atoms with Gasteiger partial charge in [0.15, 0.2) is 11.6 Å². The van der Waals surface area contributed by atoms with Gasteiger partial charge in [-0.05, 0) is 19.1 Å². The molecule has 0 saturated heterocycles. The summed E-state index contributed by atoms with van der Waals surface area (Å²) < 4.78 is 18.3. The Bertz CT molecular complexity index is 404. The summed E-state index contributed by atoms with van der Waals surface area (Å²) in [6, 6.07) is 4.25. The number of hydrogen-bond acceptors (Lipinski definition) is 2. The third kappa shape index (κ3) is 2.59. The van der Waals surface area contributed by atoms with Gasteiger partial charge < -0.3 is 10.1 Å². The van der Waals surface area contributed by atoms with Crippen LogP contribution in [0.2, 0.25) is 0 Å². The number of ether oxygens (including phenoxy) is 1. The van der Waals surface area contributed by atoms with Crippen molar-refractivity contribution in [1.82, 2.24) is 5.32 Å². The quantitative estimate of drug-likeness (QED) is 0.795. The summed E-state index contributed by atoms with van der Waals surface area (Å²) in [5.74, 6) is -0.599. The largest absolute Gasteiger partial charge is 0.493 e. The van der Waals surface area contributed by atoms with Crippen molar-refractivity contribution in [2.24, 2.45) is 0 Å². The SMILES string of the molecule is C=CC(=O)N[C@@H](C)c1cccc(F)c1OC. The number of carbonyl (C=O) groups excluding carboxylic acids is 1. The fraction of sp³-hybridized carbons (Fsp3) is 0.250. The summed E-state index contributed by atoms with van der Waals surface area (Å²) in [5.41, 5.74) is 0.595. The summed E-state index contributed by atoms with van der Waals surface area (Å²) >= 11 is 0. The molecular weight excluding hydrogens is 209 g/mol. The van der Waals surface area contributed by atoms with E-state index >= 15 is 0 Å². The normalized spacial score (nSPS) is 11.7. The van der Waals surface area contributed by atoms with Crippen molar-refractivity contribution >= 4 is 5.91 Å². The Balaban J connectivity index is 2.98. The average Bonchev–Trinajstić information content (AvgIpc) is 2.28. The van der Waals surface area contributed by atoms with Crippen LogP contribution in [-0.4, -0.2) is 13.0 Å². The zero-order chi connectivity index (χ0) is 12.1. The van der Waals surface area contributed by atoms with Crippen LogP contribution in [0.4, 0.5) is 4.39 Å². The van der Waals surface area contributed by atoms with E-state index in [1.54, 1.807) is 19.1 Å². The molecule has 0 aliphatic heterocycles. The van der Waals surface area contributed by atoms with Gasteiger partial charge in [0.05, 0.1) is 13.2 Å². The molecular formula is C12H14FNO2. The number of halogens is 1. The fourth-order valence-electron chi connectivity index (χ4n) is 1.43. The summed E-state index contributed by atoms with van der Waals surface area (Å²) in [6.07, 6.45) is 1.17. The molecule has 0 saturated carbocycles. The van der Waals surface area contributed by atoms with E-state index in [1.165, 1.54) is 19.3 Å². The zero-order valence-corrected chi connectivity index (χ0v) is 9.29. The first-order chi connectivity index (χ1) is 7.60. The van der Waals surface area contributed by atoms with Crippen molar-refractivity contribution < 1.29 is 13.9 Å². The van der Waals surface area contributed by atoms with Crippen LogP contribution in [0.1, 0.15) is 18.5 Å². The van der Waals surface area contributed by atoms with Crippen molar-refractivity contribution in [3.63, 3.8) is 0 Å². The van der Waals surface area contributed by atoms with Gasteiger partial charge in [-0.2, -0.15) is 0 Å². The number of rotatable bonds is 4. The van der Waals surface area contributed by atoms with Gasteiger partial charge in [0.1, 0.15) is 0 Å². The van der Waals surface area contributed by atoms with Gasteiger partial charge in [-0.1, -0.05) is 18.7 Å². The fourth-order valence-corrected chi connectivity index (χ4v) is 1.43. The molecule has 0 heterocycles. The van der Waals surface area contributed by atoms with Crippen molar-refractivity contribution in [2.75, 3.05) is 7.11 Å². The summed E-state index contributed by atoms with van der Waals surface area (Å²) in [7, 11) is 1.39. The lowest BCUT2D eigenvalue weighted by Gasteiger charge is -2.16. The zero-order valence-electron chi connectivity index (χ0n) is 9.29. The average molecular weight is 223 g/mol. The second kappa shape index (κ2) is 5.30. The molecule has 3 nitrogen and oxygen atoms in total. The highest BCUT2D eigenvalue weighted by molar-refractivity contribution is 5.87. The van der Waals surface area contributed by atoms with E-state index in [1.807, 2.05) is 0 Å². The number of methoxy groups -OCH3 is 1. The lowest BCUT2D eigenvalue weighted by molar-refractivity contribution is -0.117. The highest BCUT2D eigenvalue weighted by atomic mass is 19.1. The van der Waals surface area contributed by atoms with Crippen LogP contribution in [0.25, 0.3) is 0 Å². The predicted octanol–water partition coefficient (Wildman–Crippen LogP) is 2.20. The Labute approximate surface area is 93.9 Å². The van der Waals surface area contributed by atoms with E-state index in [4.69, 9.17) is 4.74 Å². The predicted molar refractivity (Wildman–Crippen MR) is 59.7 cm³/mol. The Morgan fingerprint density at radius 2 is 2.31 bits per heavy atom.